The highest BCUT2D eigenvalue weighted by atomic mass is 35.5. The first-order valence-electron chi connectivity index (χ1n) is 15.2. The van der Waals surface area contributed by atoms with E-state index >= 15 is 4.39 Å². The summed E-state index contributed by atoms with van der Waals surface area (Å²) in [5.74, 6) is -1.41. The standard InChI is InChI=1S/C34H44ClF2N5O3/c1-20-15-28(40-42(20)32(4,5)6)39-27-16-24(22(3)43)30(37)26(38-27)18-34(31(44)45-33(7,8)9)13-14-41(21(2)17-34)19-23-11-10-12-25(35)29(23)36/h10-12,15-16,21H,13-14,17-19H2,1-9H3,(H,38,39,40)/t21-,34?/m1/s1. The van der Waals surface area contributed by atoms with Crippen LogP contribution < -0.4 is 5.32 Å². The van der Waals surface area contributed by atoms with Crippen molar-refractivity contribution in [3.05, 3.63) is 69.5 Å². The van der Waals surface area contributed by atoms with Crippen molar-refractivity contribution < 1.29 is 23.1 Å². The maximum absolute atomic E-state index is 16.0. The lowest BCUT2D eigenvalue weighted by atomic mass is 9.71. The molecule has 8 nitrogen and oxygen atoms in total. The number of carbonyl (C=O) groups is 2. The van der Waals surface area contributed by atoms with E-state index in [1.54, 1.807) is 32.9 Å². The number of nitrogens with zero attached hydrogens (tertiary/aromatic N) is 4. The molecule has 0 saturated carbocycles. The van der Waals surface area contributed by atoms with Crippen LogP contribution >= 0.6 is 11.6 Å². The Morgan fingerprint density at radius 3 is 2.38 bits per heavy atom. The Morgan fingerprint density at radius 1 is 1.11 bits per heavy atom. The van der Waals surface area contributed by atoms with Gasteiger partial charge in [-0.3, -0.25) is 19.2 Å². The fourth-order valence-electron chi connectivity index (χ4n) is 5.99. The third kappa shape index (κ3) is 7.90. The monoisotopic (exact) mass is 643 g/mol. The van der Waals surface area contributed by atoms with E-state index in [2.05, 4.69) is 20.3 Å². The van der Waals surface area contributed by atoms with Crippen molar-refractivity contribution in [3.63, 3.8) is 0 Å². The normalized spacial score (nSPS) is 19.4. The van der Waals surface area contributed by atoms with Gasteiger partial charge in [0.15, 0.2) is 17.4 Å². The maximum atomic E-state index is 16.0. The third-order valence-electron chi connectivity index (χ3n) is 8.11. The minimum absolute atomic E-state index is 0.00966. The molecule has 4 rings (SSSR count). The van der Waals surface area contributed by atoms with Crippen LogP contribution in [0.2, 0.25) is 5.02 Å². The highest BCUT2D eigenvalue weighted by molar-refractivity contribution is 6.30. The number of nitrogens with one attached hydrogen (secondary N) is 1. The summed E-state index contributed by atoms with van der Waals surface area (Å²) in [4.78, 5) is 33.2. The van der Waals surface area contributed by atoms with Crippen LogP contribution in [-0.4, -0.2) is 49.6 Å². The van der Waals surface area contributed by atoms with Gasteiger partial charge in [-0.1, -0.05) is 23.7 Å². The van der Waals surface area contributed by atoms with Crippen LogP contribution in [0.4, 0.5) is 20.4 Å². The first kappa shape index (κ1) is 34.5. The fourth-order valence-corrected chi connectivity index (χ4v) is 6.18. The van der Waals surface area contributed by atoms with Crippen molar-refractivity contribution >= 4 is 35.0 Å². The van der Waals surface area contributed by atoms with Crippen molar-refractivity contribution in [1.29, 1.82) is 0 Å². The molecule has 3 aromatic rings. The molecule has 1 unspecified atom stereocenters. The number of Topliss-reactive ketones (excluding diaryl/α,β-unsaturated/α-hetero) is 1. The first-order valence-corrected chi connectivity index (χ1v) is 15.6. The summed E-state index contributed by atoms with van der Waals surface area (Å²) in [6, 6.07) is 7.94. The largest absolute Gasteiger partial charge is 0.460 e. The minimum atomic E-state index is -1.14. The molecule has 0 spiro atoms. The van der Waals surface area contributed by atoms with Gasteiger partial charge in [0.05, 0.1) is 27.2 Å². The molecule has 2 aromatic heterocycles. The first-order chi connectivity index (χ1) is 20.8. The molecule has 244 valence electrons. The molecule has 11 heteroatoms. The molecule has 3 heterocycles. The number of benzene rings is 1. The fraction of sp³-hybridized carbons (Fsp3) is 0.529. The Balaban J connectivity index is 1.70. The molecule has 0 amide bonds. The van der Waals surface area contributed by atoms with E-state index in [0.29, 0.717) is 37.3 Å². The summed E-state index contributed by atoms with van der Waals surface area (Å²) >= 11 is 6.02. The van der Waals surface area contributed by atoms with Crippen molar-refractivity contribution in [2.45, 2.75) is 105 Å². The number of ether oxygens (including phenoxy) is 1. The van der Waals surface area contributed by atoms with E-state index in [1.165, 1.54) is 19.1 Å². The lowest BCUT2D eigenvalue weighted by Gasteiger charge is -2.45. The lowest BCUT2D eigenvalue weighted by Crippen LogP contribution is -2.51. The number of piperidine rings is 1. The lowest BCUT2D eigenvalue weighted by molar-refractivity contribution is -0.172. The number of pyridine rings is 1. The average molecular weight is 644 g/mol. The van der Waals surface area contributed by atoms with Crippen LogP contribution in [0.5, 0.6) is 0 Å². The number of aryl methyl sites for hydroxylation is 1. The Labute approximate surface area is 269 Å². The van der Waals surface area contributed by atoms with E-state index in [4.69, 9.17) is 16.3 Å². The topological polar surface area (TPSA) is 89.3 Å². The van der Waals surface area contributed by atoms with Crippen LogP contribution in [0.1, 0.15) is 95.5 Å². The summed E-state index contributed by atoms with van der Waals surface area (Å²) in [6.07, 6.45) is 0.550. The van der Waals surface area contributed by atoms with Crippen molar-refractivity contribution in [2.75, 3.05) is 11.9 Å². The second-order valence-electron chi connectivity index (χ2n) is 14.2. The second kappa shape index (κ2) is 12.8. The minimum Gasteiger partial charge on any atom is -0.460 e. The molecule has 0 radical (unpaired) electrons. The van der Waals surface area contributed by atoms with Gasteiger partial charge in [0.1, 0.15) is 17.2 Å². The van der Waals surface area contributed by atoms with Gasteiger partial charge in [0.2, 0.25) is 0 Å². The number of carbonyl (C=O) groups excluding carboxylic acids is 2. The number of rotatable bonds is 8. The smallest absolute Gasteiger partial charge is 0.313 e. The molecule has 2 atom stereocenters. The quantitative estimate of drug-likeness (QED) is 0.198. The Morgan fingerprint density at radius 2 is 1.80 bits per heavy atom. The molecule has 45 heavy (non-hydrogen) atoms. The molecule has 1 fully saturated rings. The molecule has 1 aliphatic rings. The van der Waals surface area contributed by atoms with Crippen molar-refractivity contribution in [3.8, 4) is 0 Å². The number of anilines is 2. The number of halogens is 3. The maximum Gasteiger partial charge on any atom is 0.313 e. The Hall–Kier alpha value is -3.37. The van der Waals surface area contributed by atoms with Crippen LogP contribution in [0, 0.1) is 24.0 Å². The second-order valence-corrected chi connectivity index (χ2v) is 14.6. The van der Waals surface area contributed by atoms with E-state index in [9.17, 15) is 14.0 Å². The summed E-state index contributed by atoms with van der Waals surface area (Å²) in [5, 5.41) is 7.83. The summed E-state index contributed by atoms with van der Waals surface area (Å²) in [6.45, 7) is 17.4. The van der Waals surface area contributed by atoms with Gasteiger partial charge >= 0.3 is 5.97 Å². The Bertz CT molecular complexity index is 1590. The van der Waals surface area contributed by atoms with Crippen molar-refractivity contribution in [1.82, 2.24) is 19.7 Å². The number of hydrogen-bond donors (Lipinski definition) is 1. The molecule has 0 bridgehead atoms. The molecule has 1 saturated heterocycles. The van der Waals surface area contributed by atoms with Gasteiger partial charge in [0, 0.05) is 36.3 Å². The Kier molecular flexibility index (Phi) is 9.81. The van der Waals surface area contributed by atoms with E-state index in [1.807, 2.05) is 45.4 Å². The zero-order valence-electron chi connectivity index (χ0n) is 27.6. The number of hydrogen-bond acceptors (Lipinski definition) is 7. The number of likely N-dealkylation sites (tertiary alicyclic amines) is 1. The van der Waals surface area contributed by atoms with E-state index < -0.39 is 34.4 Å². The predicted molar refractivity (Wildman–Crippen MR) is 172 cm³/mol. The third-order valence-corrected chi connectivity index (χ3v) is 8.41. The molecule has 0 aliphatic carbocycles. The van der Waals surface area contributed by atoms with Gasteiger partial charge in [-0.05, 0) is 93.8 Å². The molecular weight excluding hydrogens is 600 g/mol. The van der Waals surface area contributed by atoms with E-state index in [-0.39, 0.29) is 40.1 Å². The summed E-state index contributed by atoms with van der Waals surface area (Å²) in [7, 11) is 0. The highest BCUT2D eigenvalue weighted by Gasteiger charge is 2.47. The molecule has 1 N–H and O–H groups in total. The van der Waals surface area contributed by atoms with Gasteiger partial charge in [0.25, 0.3) is 0 Å². The highest BCUT2D eigenvalue weighted by Crippen LogP contribution is 2.42. The summed E-state index contributed by atoms with van der Waals surface area (Å²) in [5.41, 5.74) is -0.943. The number of esters is 1. The van der Waals surface area contributed by atoms with Crippen LogP contribution in [0.25, 0.3) is 0 Å². The predicted octanol–water partition coefficient (Wildman–Crippen LogP) is 7.77. The summed E-state index contributed by atoms with van der Waals surface area (Å²) < 4.78 is 38.5. The number of ketones is 1. The average Bonchev–Trinajstić information content (AvgIpc) is 3.29. The molecular formula is C34H44ClF2N5O3. The van der Waals surface area contributed by atoms with Gasteiger partial charge in [-0.25, -0.2) is 13.8 Å². The molecule has 1 aliphatic heterocycles. The van der Waals surface area contributed by atoms with Gasteiger partial charge < -0.3 is 10.1 Å². The zero-order chi connectivity index (χ0) is 33.5. The van der Waals surface area contributed by atoms with Crippen LogP contribution in [-0.2, 0) is 28.0 Å². The van der Waals surface area contributed by atoms with Gasteiger partial charge in [-0.2, -0.15) is 5.10 Å². The van der Waals surface area contributed by atoms with Crippen molar-refractivity contribution in [2.24, 2.45) is 5.41 Å². The van der Waals surface area contributed by atoms with E-state index in [0.717, 1.165) is 5.69 Å². The number of aromatic nitrogens is 3. The molecule has 1 aromatic carbocycles. The van der Waals surface area contributed by atoms with Crippen LogP contribution in [0.3, 0.4) is 0 Å². The SMILES string of the molecule is CC(=O)c1cc(Nc2cc(C)n(C(C)(C)C)n2)nc(CC2(C(=O)OC(C)(C)C)CCN(Cc3cccc(Cl)c3F)[C@H](C)C2)c1F. The van der Waals surface area contributed by atoms with Gasteiger partial charge in [-0.15, -0.1) is 0 Å². The zero-order valence-corrected chi connectivity index (χ0v) is 28.4. The van der Waals surface area contributed by atoms with Crippen LogP contribution in [0.15, 0.2) is 30.3 Å².